The highest BCUT2D eigenvalue weighted by Crippen LogP contribution is 2.14. The SMILES string of the molecule is CC(C)(C)CS(=O)(=O)NCCCN=[N+]=[N-]. The Morgan fingerprint density at radius 1 is 1.40 bits per heavy atom. The number of azide groups is 1. The van der Waals surface area contributed by atoms with E-state index in [1.54, 1.807) is 0 Å². The minimum Gasteiger partial charge on any atom is -0.215 e. The Labute approximate surface area is 90.7 Å². The standard InChI is InChI=1S/C8H18N4O2S/c1-8(2,3)7-15(13,14)11-6-4-5-10-12-9/h11H,4-7H2,1-3H3. The van der Waals surface area contributed by atoms with Gasteiger partial charge in [0.25, 0.3) is 0 Å². The molecule has 0 aliphatic rings. The van der Waals surface area contributed by atoms with Gasteiger partial charge < -0.3 is 0 Å². The third-order valence-corrected chi connectivity index (χ3v) is 3.33. The Morgan fingerprint density at radius 3 is 2.47 bits per heavy atom. The molecular formula is C8H18N4O2S. The fourth-order valence-electron chi connectivity index (χ4n) is 1.04. The van der Waals surface area contributed by atoms with Crippen LogP contribution in [0.15, 0.2) is 5.11 Å². The first kappa shape index (κ1) is 14.2. The molecule has 15 heavy (non-hydrogen) atoms. The summed E-state index contributed by atoms with van der Waals surface area (Å²) in [7, 11) is -3.21. The van der Waals surface area contributed by atoms with Crippen LogP contribution in [-0.2, 0) is 10.0 Å². The van der Waals surface area contributed by atoms with Crippen LogP contribution in [0.1, 0.15) is 27.2 Å². The van der Waals surface area contributed by atoms with Crippen molar-refractivity contribution in [2.75, 3.05) is 18.8 Å². The fourth-order valence-corrected chi connectivity index (χ4v) is 2.74. The van der Waals surface area contributed by atoms with Gasteiger partial charge in [0, 0.05) is 18.0 Å². The Balaban J connectivity index is 3.90. The highest BCUT2D eigenvalue weighted by atomic mass is 32.2. The van der Waals surface area contributed by atoms with E-state index in [4.69, 9.17) is 5.53 Å². The molecule has 0 heterocycles. The lowest BCUT2D eigenvalue weighted by atomic mass is 10.0. The van der Waals surface area contributed by atoms with E-state index in [0.717, 1.165) is 0 Å². The molecule has 7 heteroatoms. The van der Waals surface area contributed by atoms with E-state index in [9.17, 15) is 8.42 Å². The molecule has 0 saturated carbocycles. The Kier molecular flexibility index (Phi) is 5.64. The Morgan fingerprint density at radius 2 is 2.00 bits per heavy atom. The van der Waals surface area contributed by atoms with Gasteiger partial charge in [-0.2, -0.15) is 0 Å². The van der Waals surface area contributed by atoms with Crippen molar-refractivity contribution in [1.29, 1.82) is 0 Å². The maximum absolute atomic E-state index is 11.5. The van der Waals surface area contributed by atoms with E-state index in [1.807, 2.05) is 20.8 Å². The van der Waals surface area contributed by atoms with Crippen molar-refractivity contribution in [2.24, 2.45) is 10.5 Å². The predicted octanol–water partition coefficient (Wildman–Crippen LogP) is 1.65. The molecule has 0 aromatic carbocycles. The van der Waals surface area contributed by atoms with Gasteiger partial charge in [-0.25, -0.2) is 13.1 Å². The quantitative estimate of drug-likeness (QED) is 0.327. The van der Waals surface area contributed by atoms with Crippen molar-refractivity contribution in [1.82, 2.24) is 4.72 Å². The Hall–Kier alpha value is -0.780. The van der Waals surface area contributed by atoms with Crippen LogP contribution in [-0.4, -0.2) is 27.3 Å². The van der Waals surface area contributed by atoms with Crippen molar-refractivity contribution < 1.29 is 8.42 Å². The van der Waals surface area contributed by atoms with E-state index < -0.39 is 10.0 Å². The maximum Gasteiger partial charge on any atom is 0.212 e. The summed E-state index contributed by atoms with van der Waals surface area (Å²) in [5.41, 5.74) is 7.74. The van der Waals surface area contributed by atoms with E-state index in [2.05, 4.69) is 14.7 Å². The van der Waals surface area contributed by atoms with Crippen LogP contribution in [0.2, 0.25) is 0 Å². The molecule has 0 saturated heterocycles. The van der Waals surface area contributed by atoms with Crippen LogP contribution in [0.25, 0.3) is 10.4 Å². The topological polar surface area (TPSA) is 94.9 Å². The molecule has 0 atom stereocenters. The lowest BCUT2D eigenvalue weighted by molar-refractivity contribution is 0.458. The summed E-state index contributed by atoms with van der Waals surface area (Å²) in [4.78, 5) is 2.58. The van der Waals surface area contributed by atoms with Gasteiger partial charge in [-0.1, -0.05) is 25.9 Å². The summed E-state index contributed by atoms with van der Waals surface area (Å²) in [5, 5.41) is 3.31. The molecule has 0 amide bonds. The van der Waals surface area contributed by atoms with Gasteiger partial charge in [0.05, 0.1) is 5.75 Å². The van der Waals surface area contributed by atoms with E-state index in [-0.39, 0.29) is 11.2 Å². The largest absolute Gasteiger partial charge is 0.215 e. The van der Waals surface area contributed by atoms with E-state index in [1.165, 1.54) is 0 Å². The number of nitrogens with one attached hydrogen (secondary N) is 1. The second kappa shape index (κ2) is 5.95. The molecule has 88 valence electrons. The van der Waals surface area contributed by atoms with Crippen LogP contribution in [0, 0.1) is 5.41 Å². The van der Waals surface area contributed by atoms with Gasteiger partial charge in [0.1, 0.15) is 0 Å². The van der Waals surface area contributed by atoms with Gasteiger partial charge in [0.15, 0.2) is 0 Å². The summed E-state index contributed by atoms with van der Waals surface area (Å²) >= 11 is 0. The zero-order valence-corrected chi connectivity index (χ0v) is 10.2. The minimum atomic E-state index is -3.21. The maximum atomic E-state index is 11.5. The van der Waals surface area contributed by atoms with Gasteiger partial charge in [-0.05, 0) is 17.4 Å². The highest BCUT2D eigenvalue weighted by Gasteiger charge is 2.20. The normalized spacial score (nSPS) is 12.2. The zero-order chi connectivity index (χ0) is 11.9. The van der Waals surface area contributed by atoms with Crippen LogP contribution in [0.5, 0.6) is 0 Å². The molecule has 0 aromatic heterocycles. The van der Waals surface area contributed by atoms with Gasteiger partial charge in [-0.15, -0.1) is 0 Å². The van der Waals surface area contributed by atoms with Gasteiger partial charge in [0.2, 0.25) is 10.0 Å². The zero-order valence-electron chi connectivity index (χ0n) is 9.39. The number of hydrogen-bond acceptors (Lipinski definition) is 3. The number of sulfonamides is 1. The average molecular weight is 234 g/mol. The van der Waals surface area contributed by atoms with E-state index in [0.29, 0.717) is 19.5 Å². The van der Waals surface area contributed by atoms with Crippen LogP contribution < -0.4 is 4.72 Å². The second-order valence-electron chi connectivity index (χ2n) is 4.52. The van der Waals surface area contributed by atoms with Crippen LogP contribution in [0.3, 0.4) is 0 Å². The summed E-state index contributed by atoms with van der Waals surface area (Å²) in [6, 6.07) is 0. The molecule has 0 aliphatic carbocycles. The fraction of sp³-hybridized carbons (Fsp3) is 1.00. The predicted molar refractivity (Wildman–Crippen MR) is 59.9 cm³/mol. The van der Waals surface area contributed by atoms with E-state index >= 15 is 0 Å². The molecule has 0 spiro atoms. The monoisotopic (exact) mass is 234 g/mol. The molecule has 0 radical (unpaired) electrons. The summed E-state index contributed by atoms with van der Waals surface area (Å²) < 4.78 is 25.4. The molecular weight excluding hydrogens is 216 g/mol. The first-order valence-electron chi connectivity index (χ1n) is 4.75. The third-order valence-electron chi connectivity index (χ3n) is 1.44. The molecule has 0 bridgehead atoms. The number of hydrogen-bond donors (Lipinski definition) is 1. The third kappa shape index (κ3) is 9.52. The smallest absolute Gasteiger partial charge is 0.212 e. The van der Waals surface area contributed by atoms with Crippen LogP contribution in [0.4, 0.5) is 0 Å². The number of rotatable bonds is 6. The molecule has 0 rings (SSSR count). The molecule has 0 aromatic rings. The lowest BCUT2D eigenvalue weighted by Gasteiger charge is -2.18. The first-order chi connectivity index (χ1) is 6.77. The number of nitrogens with zero attached hydrogens (tertiary/aromatic N) is 3. The highest BCUT2D eigenvalue weighted by molar-refractivity contribution is 7.89. The van der Waals surface area contributed by atoms with Crippen molar-refractivity contribution in [3.05, 3.63) is 10.4 Å². The summed E-state index contributed by atoms with van der Waals surface area (Å²) in [6.45, 7) is 6.23. The van der Waals surface area contributed by atoms with Gasteiger partial charge >= 0.3 is 0 Å². The average Bonchev–Trinajstić information content (AvgIpc) is 1.99. The first-order valence-corrected chi connectivity index (χ1v) is 6.40. The Bertz CT molecular complexity index is 325. The molecule has 1 N–H and O–H groups in total. The lowest BCUT2D eigenvalue weighted by Crippen LogP contribution is -2.33. The molecule has 0 unspecified atom stereocenters. The molecule has 0 fully saturated rings. The molecule has 0 aliphatic heterocycles. The van der Waals surface area contributed by atoms with Crippen LogP contribution >= 0.6 is 0 Å². The van der Waals surface area contributed by atoms with Crippen molar-refractivity contribution in [3.63, 3.8) is 0 Å². The second-order valence-corrected chi connectivity index (χ2v) is 6.33. The van der Waals surface area contributed by atoms with Crippen molar-refractivity contribution in [3.8, 4) is 0 Å². The van der Waals surface area contributed by atoms with Crippen molar-refractivity contribution in [2.45, 2.75) is 27.2 Å². The molecule has 6 nitrogen and oxygen atoms in total. The van der Waals surface area contributed by atoms with Crippen molar-refractivity contribution >= 4 is 10.0 Å². The minimum absolute atomic E-state index is 0.0987. The summed E-state index contributed by atoms with van der Waals surface area (Å²) in [5.74, 6) is 0.0987. The van der Waals surface area contributed by atoms with Gasteiger partial charge in [-0.3, -0.25) is 0 Å². The summed E-state index contributed by atoms with van der Waals surface area (Å²) in [6.07, 6.45) is 0.521.